The largest absolute Gasteiger partial charge is 0.320 e. The highest BCUT2D eigenvalue weighted by atomic mass is 35.5. The Balaban J connectivity index is 2.34. The van der Waals surface area contributed by atoms with Gasteiger partial charge in [-0.15, -0.1) is 0 Å². The van der Waals surface area contributed by atoms with E-state index in [1.807, 2.05) is 0 Å². The number of nitrogens with two attached hydrogens (primary N) is 1. The molecule has 80 valence electrons. The van der Waals surface area contributed by atoms with Crippen LogP contribution in [0.2, 0.25) is 5.02 Å². The van der Waals surface area contributed by atoms with Gasteiger partial charge in [-0.25, -0.2) is 4.39 Å². The number of benzene rings is 1. The van der Waals surface area contributed by atoms with E-state index < -0.39 is 11.9 Å². The summed E-state index contributed by atoms with van der Waals surface area (Å²) in [6.45, 7) is 0.457. The summed E-state index contributed by atoms with van der Waals surface area (Å²) in [4.78, 5) is 12.9. The number of carbonyl (C=O) groups is 1. The van der Waals surface area contributed by atoms with Crippen LogP contribution in [-0.4, -0.2) is 18.5 Å². The predicted molar refractivity (Wildman–Crippen MR) is 56.4 cm³/mol. The molecule has 1 heterocycles. The lowest BCUT2D eigenvalue weighted by Gasteiger charge is -2.16. The second-order valence-corrected chi connectivity index (χ2v) is 3.92. The van der Waals surface area contributed by atoms with E-state index in [1.54, 1.807) is 6.07 Å². The lowest BCUT2D eigenvalue weighted by atomic mass is 10.2. The predicted octanol–water partition coefficient (Wildman–Crippen LogP) is 1.54. The zero-order valence-electron chi connectivity index (χ0n) is 7.91. The van der Waals surface area contributed by atoms with Crippen molar-refractivity contribution in [3.63, 3.8) is 0 Å². The number of halogens is 2. The van der Waals surface area contributed by atoms with Gasteiger partial charge < -0.3 is 10.6 Å². The Hall–Kier alpha value is -1.13. The minimum absolute atomic E-state index is 0.240. The summed E-state index contributed by atoms with van der Waals surface area (Å²) in [5, 5.41) is 0.312. The first-order valence-corrected chi connectivity index (χ1v) is 4.99. The van der Waals surface area contributed by atoms with E-state index in [0.29, 0.717) is 18.0 Å². The van der Waals surface area contributed by atoms with Crippen molar-refractivity contribution in [1.82, 2.24) is 0 Å². The maximum atomic E-state index is 13.5. The van der Waals surface area contributed by atoms with Crippen molar-refractivity contribution in [2.75, 3.05) is 11.4 Å². The van der Waals surface area contributed by atoms with Crippen LogP contribution in [0.5, 0.6) is 0 Å². The number of amides is 1. The first kappa shape index (κ1) is 10.4. The number of nitrogens with zero attached hydrogens (tertiary/aromatic N) is 1. The summed E-state index contributed by atoms with van der Waals surface area (Å²) in [6.07, 6.45) is 0.556. The van der Waals surface area contributed by atoms with Gasteiger partial charge in [-0.2, -0.15) is 0 Å². The summed E-state index contributed by atoms with van der Waals surface area (Å²) < 4.78 is 13.5. The summed E-state index contributed by atoms with van der Waals surface area (Å²) in [6, 6.07) is 3.72. The van der Waals surface area contributed by atoms with Gasteiger partial charge in [-0.3, -0.25) is 4.79 Å². The van der Waals surface area contributed by atoms with Gasteiger partial charge in [0.05, 0.1) is 11.7 Å². The number of carbonyl (C=O) groups excluding carboxylic acids is 1. The van der Waals surface area contributed by atoms with Gasteiger partial charge in [-0.1, -0.05) is 11.6 Å². The molecule has 1 fully saturated rings. The molecule has 1 aromatic rings. The van der Waals surface area contributed by atoms with E-state index in [9.17, 15) is 9.18 Å². The molecule has 1 aliphatic heterocycles. The smallest absolute Gasteiger partial charge is 0.244 e. The first-order valence-electron chi connectivity index (χ1n) is 4.61. The molecule has 0 radical (unpaired) electrons. The molecule has 3 nitrogen and oxygen atoms in total. The second kappa shape index (κ2) is 3.79. The van der Waals surface area contributed by atoms with E-state index in [1.165, 1.54) is 17.0 Å². The second-order valence-electron chi connectivity index (χ2n) is 3.48. The van der Waals surface area contributed by atoms with Crippen LogP contribution in [-0.2, 0) is 4.79 Å². The molecule has 2 N–H and O–H groups in total. The third-order valence-corrected chi connectivity index (χ3v) is 2.68. The van der Waals surface area contributed by atoms with Crippen molar-refractivity contribution in [1.29, 1.82) is 0 Å². The van der Waals surface area contributed by atoms with E-state index in [0.717, 1.165) is 0 Å². The summed E-state index contributed by atoms with van der Waals surface area (Å²) in [5.74, 6) is -0.735. The topological polar surface area (TPSA) is 46.3 Å². The Bertz CT molecular complexity index is 410. The fraction of sp³-hybridized carbons (Fsp3) is 0.300. The van der Waals surface area contributed by atoms with Crippen molar-refractivity contribution < 1.29 is 9.18 Å². The van der Waals surface area contributed by atoms with E-state index in [-0.39, 0.29) is 11.6 Å². The molecule has 2 rings (SSSR count). The number of anilines is 1. The molecule has 0 aromatic heterocycles. The average molecular weight is 229 g/mol. The summed E-state index contributed by atoms with van der Waals surface area (Å²) >= 11 is 5.62. The van der Waals surface area contributed by atoms with Crippen LogP contribution in [0.3, 0.4) is 0 Å². The van der Waals surface area contributed by atoms with Crippen LogP contribution >= 0.6 is 11.6 Å². The molecule has 5 heteroatoms. The van der Waals surface area contributed by atoms with Crippen molar-refractivity contribution in [2.45, 2.75) is 12.5 Å². The molecular weight excluding hydrogens is 219 g/mol. The standard InChI is InChI=1S/C10H10ClFN2O/c11-6-1-2-9(7(12)5-6)14-4-3-8(13)10(14)15/h1-2,5,8H,3-4,13H2/t8-/m1/s1. The molecule has 0 aliphatic carbocycles. The minimum atomic E-state index is -0.514. The summed E-state index contributed by atoms with van der Waals surface area (Å²) in [5.41, 5.74) is 5.79. The minimum Gasteiger partial charge on any atom is -0.320 e. The highest BCUT2D eigenvalue weighted by Crippen LogP contribution is 2.26. The quantitative estimate of drug-likeness (QED) is 0.793. The Kier molecular flexibility index (Phi) is 2.63. The van der Waals surface area contributed by atoms with Crippen LogP contribution in [0.15, 0.2) is 18.2 Å². The fourth-order valence-electron chi connectivity index (χ4n) is 1.64. The third kappa shape index (κ3) is 1.82. The Labute approximate surface area is 91.6 Å². The van der Waals surface area contributed by atoms with Gasteiger partial charge in [0.15, 0.2) is 0 Å². The molecule has 0 bridgehead atoms. The van der Waals surface area contributed by atoms with Gasteiger partial charge in [-0.05, 0) is 24.6 Å². The molecule has 0 unspecified atom stereocenters. The van der Waals surface area contributed by atoms with Crippen molar-refractivity contribution in [2.24, 2.45) is 5.73 Å². The van der Waals surface area contributed by atoms with Gasteiger partial charge >= 0.3 is 0 Å². The molecule has 0 saturated carbocycles. The molecule has 1 atom stereocenters. The molecule has 0 spiro atoms. The van der Waals surface area contributed by atoms with Gasteiger partial charge in [0.1, 0.15) is 5.82 Å². The van der Waals surface area contributed by atoms with E-state index in [4.69, 9.17) is 17.3 Å². The van der Waals surface area contributed by atoms with Crippen molar-refractivity contribution in [3.8, 4) is 0 Å². The van der Waals surface area contributed by atoms with E-state index in [2.05, 4.69) is 0 Å². The molecule has 15 heavy (non-hydrogen) atoms. The first-order chi connectivity index (χ1) is 7.09. The molecule has 1 saturated heterocycles. The van der Waals surface area contributed by atoms with Gasteiger partial charge in [0.2, 0.25) is 5.91 Å². The summed E-state index contributed by atoms with van der Waals surface area (Å²) in [7, 11) is 0. The number of rotatable bonds is 1. The highest BCUT2D eigenvalue weighted by molar-refractivity contribution is 6.30. The fourth-order valence-corrected chi connectivity index (χ4v) is 1.80. The van der Waals surface area contributed by atoms with Crippen LogP contribution in [0.25, 0.3) is 0 Å². The molecule has 1 aromatic carbocycles. The molecule has 1 amide bonds. The average Bonchev–Trinajstić information content (AvgIpc) is 2.49. The highest BCUT2D eigenvalue weighted by Gasteiger charge is 2.30. The Morgan fingerprint density at radius 1 is 1.53 bits per heavy atom. The van der Waals surface area contributed by atoms with Gasteiger partial charge in [0, 0.05) is 11.6 Å². The van der Waals surface area contributed by atoms with Crippen LogP contribution < -0.4 is 10.6 Å². The maximum absolute atomic E-state index is 13.5. The Morgan fingerprint density at radius 3 is 2.80 bits per heavy atom. The molecular formula is C10H10ClFN2O. The Morgan fingerprint density at radius 2 is 2.27 bits per heavy atom. The number of hydrogen-bond acceptors (Lipinski definition) is 2. The lowest BCUT2D eigenvalue weighted by molar-refractivity contribution is -0.118. The van der Waals surface area contributed by atoms with Gasteiger partial charge in [0.25, 0.3) is 0 Å². The number of hydrogen-bond donors (Lipinski definition) is 1. The zero-order valence-corrected chi connectivity index (χ0v) is 8.67. The van der Waals surface area contributed by atoms with Crippen LogP contribution in [0.4, 0.5) is 10.1 Å². The maximum Gasteiger partial charge on any atom is 0.244 e. The SMILES string of the molecule is N[C@@H]1CCN(c2ccc(Cl)cc2F)C1=O. The zero-order chi connectivity index (χ0) is 11.0. The molecule has 1 aliphatic rings. The van der Waals surface area contributed by atoms with Crippen molar-refractivity contribution >= 4 is 23.2 Å². The lowest BCUT2D eigenvalue weighted by Crippen LogP contribution is -2.34. The normalized spacial score (nSPS) is 21.1. The van der Waals surface area contributed by atoms with Crippen molar-refractivity contribution in [3.05, 3.63) is 29.0 Å². The van der Waals surface area contributed by atoms with Crippen LogP contribution in [0, 0.1) is 5.82 Å². The third-order valence-electron chi connectivity index (χ3n) is 2.45. The van der Waals surface area contributed by atoms with Crippen LogP contribution in [0.1, 0.15) is 6.42 Å². The monoisotopic (exact) mass is 228 g/mol. The van der Waals surface area contributed by atoms with E-state index >= 15 is 0 Å².